The van der Waals surface area contributed by atoms with Crippen molar-refractivity contribution in [2.75, 3.05) is 25.9 Å². The summed E-state index contributed by atoms with van der Waals surface area (Å²) in [4.78, 5) is 15.7. The van der Waals surface area contributed by atoms with Gasteiger partial charge in [-0.05, 0) is 69.9 Å². The average molecular weight is 456 g/mol. The van der Waals surface area contributed by atoms with E-state index in [0.717, 1.165) is 43.3 Å². The Balaban J connectivity index is 1.54. The second-order valence-corrected chi connectivity index (χ2v) is 9.73. The predicted octanol–water partition coefficient (Wildman–Crippen LogP) is 3.80. The highest BCUT2D eigenvalue weighted by atomic mass is 35.5. The minimum Gasteiger partial charge on any atom is -0.467 e. The second-order valence-electron chi connectivity index (χ2n) is 9.29. The Labute approximate surface area is 195 Å². The fourth-order valence-electron chi connectivity index (χ4n) is 5.41. The molecule has 4 rings (SSSR count). The lowest BCUT2D eigenvalue weighted by Crippen LogP contribution is -2.62. The first-order valence-electron chi connectivity index (χ1n) is 10.9. The van der Waals surface area contributed by atoms with E-state index in [1.165, 1.54) is 0 Å². The van der Waals surface area contributed by atoms with Crippen LogP contribution in [0.25, 0.3) is 11.3 Å². The first-order chi connectivity index (χ1) is 15.3. The van der Waals surface area contributed by atoms with Crippen molar-refractivity contribution >= 4 is 31.0 Å². The molecule has 7 nitrogen and oxygen atoms in total. The number of halogens is 1. The van der Waals surface area contributed by atoms with Gasteiger partial charge in [0.05, 0.1) is 11.9 Å². The molecule has 1 unspecified atom stereocenters. The van der Waals surface area contributed by atoms with Gasteiger partial charge in [-0.2, -0.15) is 0 Å². The van der Waals surface area contributed by atoms with E-state index in [2.05, 4.69) is 40.8 Å². The summed E-state index contributed by atoms with van der Waals surface area (Å²) in [6.07, 6.45) is 5.03. The summed E-state index contributed by atoms with van der Waals surface area (Å²) in [5.41, 5.74) is 1.48. The van der Waals surface area contributed by atoms with E-state index in [9.17, 15) is 4.79 Å². The minimum atomic E-state index is -0.0168. The zero-order chi connectivity index (χ0) is 22.9. The molecule has 3 atom stereocenters. The molecule has 1 aromatic heterocycles. The van der Waals surface area contributed by atoms with Crippen molar-refractivity contribution in [1.82, 2.24) is 15.0 Å². The molecule has 2 aliphatic rings. The third kappa shape index (κ3) is 4.23. The number of rotatable bonds is 8. The molecule has 2 bridgehead atoms. The summed E-state index contributed by atoms with van der Waals surface area (Å²) in [7, 11) is 5.38. The van der Waals surface area contributed by atoms with Crippen LogP contribution in [-0.2, 0) is 9.53 Å². The lowest BCUT2D eigenvalue weighted by molar-refractivity contribution is 0.0515. The van der Waals surface area contributed by atoms with Crippen molar-refractivity contribution in [1.29, 1.82) is 0 Å². The van der Waals surface area contributed by atoms with Gasteiger partial charge in [-0.25, -0.2) is 0 Å². The number of ether oxygens (including phenoxy) is 2. The van der Waals surface area contributed by atoms with E-state index < -0.39 is 0 Å². The molecule has 2 fully saturated rings. The van der Waals surface area contributed by atoms with Crippen LogP contribution in [0.3, 0.4) is 0 Å². The van der Waals surface area contributed by atoms with Gasteiger partial charge in [0, 0.05) is 41.9 Å². The normalized spacial score (nSPS) is 27.2. The molecule has 0 spiro atoms. The Hall–Kier alpha value is -2.16. The maximum atomic E-state index is 11.2. The van der Waals surface area contributed by atoms with Gasteiger partial charge in [0.25, 0.3) is 7.41 Å². The van der Waals surface area contributed by atoms with Gasteiger partial charge < -0.3 is 24.0 Å². The summed E-state index contributed by atoms with van der Waals surface area (Å²) in [6, 6.07) is 9.69. The lowest BCUT2D eigenvalue weighted by Gasteiger charge is -2.52. The molecule has 3 heterocycles. The van der Waals surface area contributed by atoms with Crippen LogP contribution in [0.4, 0.5) is 5.82 Å². The number of hydrogen-bond donors (Lipinski definition) is 0. The number of benzene rings is 1. The van der Waals surface area contributed by atoms with E-state index in [-0.39, 0.29) is 17.9 Å². The molecule has 32 heavy (non-hydrogen) atoms. The van der Waals surface area contributed by atoms with Crippen molar-refractivity contribution in [3.8, 4) is 17.0 Å². The van der Waals surface area contributed by atoms with Crippen LogP contribution >= 0.6 is 11.6 Å². The molecule has 2 saturated heterocycles. The number of fused-ring (bicyclic) bond motifs is 2. The quantitative estimate of drug-likeness (QED) is 0.341. The van der Waals surface area contributed by atoms with Gasteiger partial charge in [0.1, 0.15) is 5.75 Å². The number of carbonyl (C=O) groups is 1. The van der Waals surface area contributed by atoms with Gasteiger partial charge in [0.2, 0.25) is 0 Å². The number of anilines is 1. The monoisotopic (exact) mass is 455 g/mol. The summed E-state index contributed by atoms with van der Waals surface area (Å²) in [5, 5.41) is 9.58. The Morgan fingerprint density at radius 2 is 1.94 bits per heavy atom. The van der Waals surface area contributed by atoms with Crippen LogP contribution in [-0.4, -0.2) is 66.7 Å². The zero-order valence-corrected chi connectivity index (χ0v) is 19.8. The summed E-state index contributed by atoms with van der Waals surface area (Å²) in [5.74, 6) is 1.43. The molecule has 169 valence electrons. The summed E-state index contributed by atoms with van der Waals surface area (Å²) in [6.45, 7) is 4.64. The third-order valence-corrected chi connectivity index (χ3v) is 7.27. The zero-order valence-electron chi connectivity index (χ0n) is 19.0. The third-order valence-electron chi connectivity index (χ3n) is 7.04. The topological polar surface area (TPSA) is 67.8 Å². The highest BCUT2D eigenvalue weighted by Gasteiger charge is 2.55. The van der Waals surface area contributed by atoms with Crippen LogP contribution in [0.2, 0.25) is 5.02 Å². The Bertz CT molecular complexity index is 958. The summed E-state index contributed by atoms with van der Waals surface area (Å²) >= 11 is 6.13. The Kier molecular flexibility index (Phi) is 6.48. The SMILES string of the molecule is COCOc1cc(Cl)ccc1-c1ccc(N(C)C2C[C@]3(C)CC[C@](C)(C2)N3[B]C=O)nn1. The van der Waals surface area contributed by atoms with Crippen LogP contribution < -0.4 is 9.64 Å². The maximum absolute atomic E-state index is 11.2. The standard InChI is InChI=1S/C23H29BClN4O3/c1-22-9-10-23(2,29(22)24-14-30)13-17(12-22)28(3)21-8-7-19(26-27-21)18-6-5-16(25)11-20(18)32-15-31-4/h5-8,11,14,17H,9-10,12-13,15H2,1-4H3/t17?,22-,23+. The van der Waals surface area contributed by atoms with E-state index in [0.29, 0.717) is 22.5 Å². The average Bonchev–Trinajstić information content (AvgIpc) is 2.93. The van der Waals surface area contributed by atoms with Crippen LogP contribution in [0.15, 0.2) is 30.3 Å². The number of carbonyl (C=O) groups excluding carboxylic acids is 1. The van der Waals surface area contributed by atoms with Crippen LogP contribution in [0.1, 0.15) is 39.5 Å². The van der Waals surface area contributed by atoms with Crippen molar-refractivity contribution in [2.24, 2.45) is 0 Å². The van der Waals surface area contributed by atoms with Gasteiger partial charge in [-0.3, -0.25) is 0 Å². The van der Waals surface area contributed by atoms with Crippen molar-refractivity contribution < 1.29 is 14.3 Å². The van der Waals surface area contributed by atoms with Gasteiger partial charge >= 0.3 is 0 Å². The van der Waals surface area contributed by atoms with Crippen molar-refractivity contribution in [3.05, 3.63) is 35.4 Å². The Morgan fingerprint density at radius 1 is 1.22 bits per heavy atom. The second kappa shape index (κ2) is 9.00. The summed E-state index contributed by atoms with van der Waals surface area (Å²) < 4.78 is 10.7. The van der Waals surface area contributed by atoms with Crippen molar-refractivity contribution in [2.45, 2.75) is 56.7 Å². The molecule has 2 aliphatic heterocycles. The fraction of sp³-hybridized carbons (Fsp3) is 0.522. The van der Waals surface area contributed by atoms with Crippen LogP contribution in [0.5, 0.6) is 5.75 Å². The molecular weight excluding hydrogens is 427 g/mol. The number of aromatic nitrogens is 2. The smallest absolute Gasteiger partial charge is 0.294 e. The first-order valence-corrected chi connectivity index (χ1v) is 11.2. The highest BCUT2D eigenvalue weighted by Crippen LogP contribution is 2.50. The molecule has 1 radical (unpaired) electrons. The van der Waals surface area contributed by atoms with E-state index >= 15 is 0 Å². The van der Waals surface area contributed by atoms with Gasteiger partial charge in [0.15, 0.2) is 12.6 Å². The number of nitrogens with zero attached hydrogens (tertiary/aromatic N) is 4. The maximum Gasteiger partial charge on any atom is 0.294 e. The van der Waals surface area contributed by atoms with E-state index in [4.69, 9.17) is 21.1 Å². The minimum absolute atomic E-state index is 0.0168. The fourth-order valence-corrected chi connectivity index (χ4v) is 5.57. The predicted molar refractivity (Wildman–Crippen MR) is 127 cm³/mol. The molecule has 0 amide bonds. The van der Waals surface area contributed by atoms with Crippen LogP contribution in [0, 0.1) is 0 Å². The van der Waals surface area contributed by atoms with Gasteiger partial charge in [-0.1, -0.05) is 11.6 Å². The van der Waals surface area contributed by atoms with E-state index in [1.807, 2.05) is 18.2 Å². The number of piperidine rings is 1. The molecule has 0 aliphatic carbocycles. The largest absolute Gasteiger partial charge is 0.467 e. The molecule has 0 saturated carbocycles. The number of hydrogen-bond acceptors (Lipinski definition) is 7. The number of methoxy groups -OCH3 is 1. The van der Waals surface area contributed by atoms with Crippen molar-refractivity contribution in [3.63, 3.8) is 0 Å². The molecule has 9 heteroatoms. The Morgan fingerprint density at radius 3 is 2.53 bits per heavy atom. The molecule has 0 N–H and O–H groups in total. The van der Waals surface area contributed by atoms with Gasteiger partial charge in [-0.15, -0.1) is 10.2 Å². The first kappa shape index (κ1) is 23.0. The lowest BCUT2D eigenvalue weighted by atomic mass is 9.73. The molecule has 2 aromatic rings. The molecule has 1 aromatic carbocycles. The molecular formula is C23H29BClN4O3. The highest BCUT2D eigenvalue weighted by molar-refractivity contribution is 6.64. The van der Waals surface area contributed by atoms with E-state index in [1.54, 1.807) is 26.7 Å².